The molecular formula is C45H31N. The Kier molecular flexibility index (Phi) is 6.28. The third kappa shape index (κ3) is 4.24. The zero-order valence-corrected chi connectivity index (χ0v) is 25.4. The fraction of sp³-hybridized carbons (Fsp3) is 0.0222. The number of rotatable bonds is 5. The van der Waals surface area contributed by atoms with Crippen LogP contribution in [0.1, 0.15) is 11.1 Å². The van der Waals surface area contributed by atoms with Crippen molar-refractivity contribution < 1.29 is 0 Å². The largest absolute Gasteiger partial charge is 0.309 e. The molecule has 0 bridgehead atoms. The average molecular weight is 586 g/mol. The molecule has 8 aromatic carbocycles. The van der Waals surface area contributed by atoms with Gasteiger partial charge in [-0.05, 0) is 85.3 Å². The maximum absolute atomic E-state index is 2.38. The molecule has 0 aliphatic carbocycles. The Morgan fingerprint density at radius 3 is 1.74 bits per heavy atom. The van der Waals surface area contributed by atoms with E-state index >= 15 is 0 Å². The molecule has 0 fully saturated rings. The summed E-state index contributed by atoms with van der Waals surface area (Å²) in [5.74, 6) is 0. The fourth-order valence-electron chi connectivity index (χ4n) is 7.36. The second-order valence-corrected chi connectivity index (χ2v) is 12.1. The Morgan fingerprint density at radius 1 is 0.435 bits per heavy atom. The van der Waals surface area contributed by atoms with E-state index in [0.717, 1.165) is 6.42 Å². The van der Waals surface area contributed by atoms with Gasteiger partial charge in [0.05, 0.1) is 11.0 Å². The molecule has 1 heteroatoms. The molecule has 0 unspecified atom stereocenters. The van der Waals surface area contributed by atoms with E-state index in [-0.39, 0.29) is 0 Å². The minimum atomic E-state index is 0.858. The van der Waals surface area contributed by atoms with Crippen LogP contribution in [0.25, 0.3) is 77.0 Å². The Labute approximate surface area is 268 Å². The monoisotopic (exact) mass is 585 g/mol. The van der Waals surface area contributed by atoms with Gasteiger partial charge in [0.25, 0.3) is 0 Å². The predicted molar refractivity (Wildman–Crippen MR) is 198 cm³/mol. The lowest BCUT2D eigenvalue weighted by atomic mass is 9.86. The molecule has 1 heterocycles. The molecule has 1 nitrogen and oxygen atoms in total. The van der Waals surface area contributed by atoms with Gasteiger partial charge in [-0.3, -0.25) is 0 Å². The van der Waals surface area contributed by atoms with Crippen LogP contribution < -0.4 is 0 Å². The van der Waals surface area contributed by atoms with Crippen molar-refractivity contribution in [3.8, 4) is 16.8 Å². The van der Waals surface area contributed by atoms with E-state index in [1.807, 2.05) is 0 Å². The number of fused-ring (bicyclic) bond motifs is 7. The number of benzene rings is 8. The van der Waals surface area contributed by atoms with Gasteiger partial charge in [0.2, 0.25) is 0 Å². The van der Waals surface area contributed by atoms with E-state index in [1.54, 1.807) is 0 Å². The second-order valence-electron chi connectivity index (χ2n) is 12.1. The molecule has 0 N–H and O–H groups in total. The van der Waals surface area contributed by atoms with Gasteiger partial charge < -0.3 is 4.57 Å². The summed E-state index contributed by atoms with van der Waals surface area (Å²) in [5.41, 5.74) is 8.78. The molecule has 9 aromatic rings. The number of allylic oxidation sites excluding steroid dienone is 1. The van der Waals surface area contributed by atoms with E-state index in [4.69, 9.17) is 0 Å². The Morgan fingerprint density at radius 2 is 1.02 bits per heavy atom. The molecule has 1 aromatic heterocycles. The first-order valence-corrected chi connectivity index (χ1v) is 16.0. The molecule has 0 radical (unpaired) electrons. The molecular weight excluding hydrogens is 555 g/mol. The number of nitrogens with zero attached hydrogens (tertiary/aromatic N) is 1. The van der Waals surface area contributed by atoms with Crippen molar-refractivity contribution in [2.24, 2.45) is 0 Å². The van der Waals surface area contributed by atoms with Crippen molar-refractivity contribution in [3.63, 3.8) is 0 Å². The minimum Gasteiger partial charge on any atom is -0.309 e. The molecule has 216 valence electrons. The highest BCUT2D eigenvalue weighted by atomic mass is 15.0. The average Bonchev–Trinajstić information content (AvgIpc) is 3.46. The van der Waals surface area contributed by atoms with Crippen LogP contribution >= 0.6 is 0 Å². The van der Waals surface area contributed by atoms with Crippen molar-refractivity contribution >= 4 is 60.2 Å². The van der Waals surface area contributed by atoms with E-state index in [2.05, 4.69) is 181 Å². The van der Waals surface area contributed by atoms with Gasteiger partial charge in [-0.2, -0.15) is 0 Å². The molecule has 0 aliphatic heterocycles. The maximum Gasteiger partial charge on any atom is 0.0541 e. The van der Waals surface area contributed by atoms with Gasteiger partial charge in [-0.1, -0.05) is 152 Å². The van der Waals surface area contributed by atoms with Crippen LogP contribution in [0, 0.1) is 0 Å². The number of hydrogen-bond acceptors (Lipinski definition) is 0. The highest BCUT2D eigenvalue weighted by Crippen LogP contribution is 2.43. The molecule has 0 amide bonds. The van der Waals surface area contributed by atoms with E-state index < -0.39 is 0 Å². The molecule has 0 atom stereocenters. The summed E-state index contributed by atoms with van der Waals surface area (Å²) in [6, 6.07) is 59.5. The van der Waals surface area contributed by atoms with Gasteiger partial charge in [0, 0.05) is 16.5 Å². The summed E-state index contributed by atoms with van der Waals surface area (Å²) in [7, 11) is 0. The molecule has 0 aliphatic rings. The smallest absolute Gasteiger partial charge is 0.0541 e. The highest BCUT2D eigenvalue weighted by Gasteiger charge is 2.16. The van der Waals surface area contributed by atoms with Crippen molar-refractivity contribution in [1.29, 1.82) is 0 Å². The summed E-state index contributed by atoms with van der Waals surface area (Å²) in [4.78, 5) is 0. The van der Waals surface area contributed by atoms with Crippen molar-refractivity contribution in [3.05, 3.63) is 181 Å². The first kappa shape index (κ1) is 26.5. The third-order valence-corrected chi connectivity index (χ3v) is 9.43. The standard InChI is InChI=1S/C45H31N/c1-2-15-33(16-3-1)44-40-21-7-6-18-36(40)37(41-30-27-32-14-4-5-17-35(32)45(41)44)22-12-13-31-25-28-34(29-26-31)46-42-23-10-8-19-38(42)39-20-9-11-24-43(39)46/h1-12,14-30H,13H2/b22-12+. The summed E-state index contributed by atoms with van der Waals surface area (Å²) in [5, 5.41) is 10.3. The van der Waals surface area contributed by atoms with Crippen LogP contribution in [0.5, 0.6) is 0 Å². The molecule has 0 saturated heterocycles. The van der Waals surface area contributed by atoms with Crippen molar-refractivity contribution in [2.75, 3.05) is 0 Å². The normalized spacial score (nSPS) is 11.9. The van der Waals surface area contributed by atoms with Gasteiger partial charge in [0.15, 0.2) is 0 Å². The lowest BCUT2D eigenvalue weighted by Crippen LogP contribution is -1.94. The number of aromatic nitrogens is 1. The second kappa shape index (κ2) is 10.9. The van der Waals surface area contributed by atoms with E-state index in [9.17, 15) is 0 Å². The minimum absolute atomic E-state index is 0.858. The van der Waals surface area contributed by atoms with Gasteiger partial charge in [-0.25, -0.2) is 0 Å². The van der Waals surface area contributed by atoms with Crippen molar-refractivity contribution in [1.82, 2.24) is 4.57 Å². The van der Waals surface area contributed by atoms with E-state index in [0.29, 0.717) is 0 Å². The van der Waals surface area contributed by atoms with Crippen LogP contribution in [0.15, 0.2) is 170 Å². The number of para-hydroxylation sites is 2. The van der Waals surface area contributed by atoms with E-state index in [1.165, 1.54) is 82.1 Å². The molecule has 0 spiro atoms. The number of hydrogen-bond donors (Lipinski definition) is 0. The summed E-state index contributed by atoms with van der Waals surface area (Å²) in [6.07, 6.45) is 5.53. The zero-order chi connectivity index (χ0) is 30.5. The topological polar surface area (TPSA) is 4.93 Å². The molecule has 46 heavy (non-hydrogen) atoms. The SMILES string of the molecule is C(=C\c1c2ccccc2c(-c2ccccc2)c2c1ccc1ccccc12)/Cc1ccc(-n2c3ccccc3c3ccccc32)cc1. The summed E-state index contributed by atoms with van der Waals surface area (Å²) >= 11 is 0. The van der Waals surface area contributed by atoms with Gasteiger partial charge in [0.1, 0.15) is 0 Å². The van der Waals surface area contributed by atoms with Crippen LogP contribution in [-0.2, 0) is 6.42 Å². The summed E-state index contributed by atoms with van der Waals surface area (Å²) in [6.45, 7) is 0. The quantitative estimate of drug-likeness (QED) is 0.140. The van der Waals surface area contributed by atoms with Gasteiger partial charge in [-0.15, -0.1) is 0 Å². The molecule has 0 saturated carbocycles. The summed E-state index contributed by atoms with van der Waals surface area (Å²) < 4.78 is 2.38. The Bertz CT molecular complexity index is 2530. The van der Waals surface area contributed by atoms with Crippen LogP contribution in [0.3, 0.4) is 0 Å². The van der Waals surface area contributed by atoms with Crippen LogP contribution in [0.4, 0.5) is 0 Å². The third-order valence-electron chi connectivity index (χ3n) is 9.43. The van der Waals surface area contributed by atoms with Crippen LogP contribution in [-0.4, -0.2) is 4.57 Å². The predicted octanol–water partition coefficient (Wildman–Crippen LogP) is 12.2. The Balaban J connectivity index is 1.14. The fourth-order valence-corrected chi connectivity index (χ4v) is 7.36. The maximum atomic E-state index is 2.38. The first-order chi connectivity index (χ1) is 22.8. The van der Waals surface area contributed by atoms with Crippen LogP contribution in [0.2, 0.25) is 0 Å². The lowest BCUT2D eigenvalue weighted by Gasteiger charge is -2.17. The lowest BCUT2D eigenvalue weighted by molar-refractivity contribution is 1.16. The molecule has 9 rings (SSSR count). The van der Waals surface area contributed by atoms with Gasteiger partial charge >= 0.3 is 0 Å². The zero-order valence-electron chi connectivity index (χ0n) is 25.4. The van der Waals surface area contributed by atoms with Crippen molar-refractivity contribution in [2.45, 2.75) is 6.42 Å². The Hall–Kier alpha value is -5.92. The first-order valence-electron chi connectivity index (χ1n) is 16.0. The highest BCUT2D eigenvalue weighted by molar-refractivity contribution is 6.25.